The molecule has 43 heavy (non-hydrogen) atoms. The fourth-order valence-corrected chi connectivity index (χ4v) is 6.97. The van der Waals surface area contributed by atoms with Crippen molar-refractivity contribution < 1.29 is 14.7 Å². The molecule has 3 heteroatoms. The van der Waals surface area contributed by atoms with Crippen LogP contribution in [0.4, 0.5) is 0 Å². The summed E-state index contributed by atoms with van der Waals surface area (Å²) in [6, 6.07) is 0. The molecule has 0 aliphatic rings. The van der Waals surface area contributed by atoms with Crippen molar-refractivity contribution in [1.29, 1.82) is 0 Å². The molecule has 0 aromatic carbocycles. The van der Waals surface area contributed by atoms with Crippen LogP contribution in [-0.4, -0.2) is 16.9 Å². The number of ketones is 1. The van der Waals surface area contributed by atoms with Crippen LogP contribution in [0.1, 0.15) is 239 Å². The van der Waals surface area contributed by atoms with E-state index in [9.17, 15) is 14.7 Å². The van der Waals surface area contributed by atoms with Crippen LogP contribution in [0.3, 0.4) is 0 Å². The van der Waals surface area contributed by atoms with Gasteiger partial charge in [0.25, 0.3) is 0 Å². The van der Waals surface area contributed by atoms with Gasteiger partial charge in [-0.05, 0) is 19.3 Å². The van der Waals surface area contributed by atoms with Gasteiger partial charge in [0.05, 0.1) is 0 Å². The third kappa shape index (κ3) is 27.2. The molecule has 0 aliphatic carbocycles. The van der Waals surface area contributed by atoms with Crippen LogP contribution < -0.4 is 0 Å². The number of hydrogen-bond donors (Lipinski definition) is 1. The molecule has 0 saturated heterocycles. The Bertz CT molecular complexity index is 539. The van der Waals surface area contributed by atoms with Crippen LogP contribution in [0.5, 0.6) is 0 Å². The zero-order chi connectivity index (χ0) is 31.7. The van der Waals surface area contributed by atoms with Crippen molar-refractivity contribution in [3.8, 4) is 0 Å². The van der Waals surface area contributed by atoms with Crippen molar-refractivity contribution in [3.05, 3.63) is 0 Å². The Kier molecular flexibility index (Phi) is 31.9. The molecule has 0 unspecified atom stereocenters. The first-order valence-corrected chi connectivity index (χ1v) is 19.8. The summed E-state index contributed by atoms with van der Waals surface area (Å²) >= 11 is 0. The molecular weight excluding hydrogens is 528 g/mol. The number of aliphatic carboxylic acids is 1. The van der Waals surface area contributed by atoms with Gasteiger partial charge in [0.1, 0.15) is 12.2 Å². The van der Waals surface area contributed by atoms with Gasteiger partial charge < -0.3 is 5.11 Å². The topological polar surface area (TPSA) is 54.4 Å². The average molecular weight is 607 g/mol. The van der Waals surface area contributed by atoms with Crippen molar-refractivity contribution in [2.24, 2.45) is 5.41 Å². The molecule has 0 aromatic heterocycles. The molecule has 0 bridgehead atoms. The lowest BCUT2D eigenvalue weighted by atomic mass is 9.70. The van der Waals surface area contributed by atoms with Gasteiger partial charge in [0, 0.05) is 5.41 Å². The summed E-state index contributed by atoms with van der Waals surface area (Å²) in [5.41, 5.74) is -0.404. The highest BCUT2D eigenvalue weighted by Gasteiger charge is 2.37. The molecule has 0 aliphatic heterocycles. The summed E-state index contributed by atoms with van der Waals surface area (Å²) in [6.45, 7) is 6.82. The van der Waals surface area contributed by atoms with Crippen LogP contribution in [0.25, 0.3) is 0 Å². The maximum atomic E-state index is 13.6. The smallest absolute Gasteiger partial charge is 0.310 e. The SMILES string of the molecule is CCCCCCCCCCCCC(CCCCCCCCCCCC)(CCCCCCCCCCCC)C(=O)CC(=O)O. The van der Waals surface area contributed by atoms with Gasteiger partial charge in [-0.25, -0.2) is 0 Å². The van der Waals surface area contributed by atoms with Crippen LogP contribution in [0.15, 0.2) is 0 Å². The van der Waals surface area contributed by atoms with E-state index in [1.54, 1.807) is 0 Å². The number of carboxylic acid groups (broad SMARTS) is 1. The lowest BCUT2D eigenvalue weighted by Crippen LogP contribution is -2.33. The van der Waals surface area contributed by atoms with Gasteiger partial charge in [0.15, 0.2) is 0 Å². The molecule has 0 atom stereocenters. The number of Topliss-reactive ketones (excluding diaryl/α,β-unsaturated/α-hetero) is 1. The van der Waals surface area contributed by atoms with E-state index in [1.165, 1.54) is 173 Å². The summed E-state index contributed by atoms with van der Waals surface area (Å²) in [5.74, 6) is -0.911. The predicted molar refractivity (Wildman–Crippen MR) is 189 cm³/mol. The molecular formula is C40H78O3. The standard InChI is InChI=1S/C40H78O3/c1-4-7-10-13-16-19-22-25-28-31-34-40(38(41)37-39(42)43,35-32-29-26-23-20-17-14-11-8-5-2)36-33-30-27-24-21-18-15-12-9-6-3/h4-37H2,1-3H3,(H,42,43). The molecule has 0 amide bonds. The maximum absolute atomic E-state index is 13.6. The highest BCUT2D eigenvalue weighted by Crippen LogP contribution is 2.39. The fourth-order valence-electron chi connectivity index (χ4n) is 6.97. The molecule has 256 valence electrons. The molecule has 0 spiro atoms. The molecule has 0 fully saturated rings. The highest BCUT2D eigenvalue weighted by atomic mass is 16.4. The predicted octanol–water partition coefficient (Wildman–Crippen LogP) is 13.9. The molecule has 0 saturated carbocycles. The molecule has 0 radical (unpaired) electrons. The second-order valence-electron chi connectivity index (χ2n) is 14.1. The van der Waals surface area contributed by atoms with E-state index in [-0.39, 0.29) is 12.2 Å². The molecule has 0 aromatic rings. The van der Waals surface area contributed by atoms with Gasteiger partial charge in [-0.2, -0.15) is 0 Å². The van der Waals surface area contributed by atoms with Crippen molar-refractivity contribution in [2.45, 2.75) is 239 Å². The second kappa shape index (κ2) is 32.5. The zero-order valence-corrected chi connectivity index (χ0v) is 29.8. The van der Waals surface area contributed by atoms with Crippen molar-refractivity contribution in [2.75, 3.05) is 0 Å². The summed E-state index contributed by atoms with van der Waals surface area (Å²) in [7, 11) is 0. The number of carbonyl (C=O) groups excluding carboxylic acids is 1. The summed E-state index contributed by atoms with van der Waals surface area (Å²) in [6.07, 6.45) is 41.3. The minimum Gasteiger partial charge on any atom is -0.481 e. The summed E-state index contributed by atoms with van der Waals surface area (Å²) in [4.78, 5) is 25.2. The number of carbonyl (C=O) groups is 2. The lowest BCUT2D eigenvalue weighted by molar-refractivity contribution is -0.144. The number of carboxylic acids is 1. The summed E-state index contributed by atoms with van der Waals surface area (Å²) in [5, 5.41) is 9.56. The van der Waals surface area contributed by atoms with Crippen LogP contribution >= 0.6 is 0 Å². The minimum atomic E-state index is -0.941. The summed E-state index contributed by atoms with van der Waals surface area (Å²) < 4.78 is 0. The van der Waals surface area contributed by atoms with Crippen molar-refractivity contribution >= 4 is 11.8 Å². The van der Waals surface area contributed by atoms with E-state index in [2.05, 4.69) is 20.8 Å². The van der Waals surface area contributed by atoms with E-state index in [1.807, 2.05) is 0 Å². The van der Waals surface area contributed by atoms with Gasteiger partial charge in [-0.15, -0.1) is 0 Å². The number of unbranched alkanes of at least 4 members (excludes halogenated alkanes) is 27. The molecule has 0 rings (SSSR count). The van der Waals surface area contributed by atoms with Crippen LogP contribution in [0.2, 0.25) is 0 Å². The minimum absolute atomic E-state index is 0.0303. The Morgan fingerprint density at radius 3 is 0.791 bits per heavy atom. The van der Waals surface area contributed by atoms with E-state index in [0.29, 0.717) is 0 Å². The molecule has 0 heterocycles. The second-order valence-corrected chi connectivity index (χ2v) is 14.1. The van der Waals surface area contributed by atoms with Gasteiger partial charge in [0.2, 0.25) is 0 Å². The Morgan fingerprint density at radius 2 is 0.581 bits per heavy atom. The first-order chi connectivity index (χ1) is 21.0. The van der Waals surface area contributed by atoms with Gasteiger partial charge in [-0.1, -0.05) is 213 Å². The highest BCUT2D eigenvalue weighted by molar-refractivity contribution is 5.98. The largest absolute Gasteiger partial charge is 0.481 e. The fraction of sp³-hybridized carbons (Fsp3) is 0.950. The van der Waals surface area contributed by atoms with Crippen LogP contribution in [0, 0.1) is 5.41 Å². The number of rotatable bonds is 36. The van der Waals surface area contributed by atoms with Gasteiger partial charge >= 0.3 is 5.97 Å². The Hall–Kier alpha value is -0.860. The number of hydrogen-bond acceptors (Lipinski definition) is 2. The monoisotopic (exact) mass is 607 g/mol. The Morgan fingerprint density at radius 1 is 0.372 bits per heavy atom. The van der Waals surface area contributed by atoms with E-state index >= 15 is 0 Å². The maximum Gasteiger partial charge on any atom is 0.310 e. The molecule has 1 N–H and O–H groups in total. The normalized spacial score (nSPS) is 11.8. The zero-order valence-electron chi connectivity index (χ0n) is 29.8. The van der Waals surface area contributed by atoms with Crippen LogP contribution in [-0.2, 0) is 9.59 Å². The van der Waals surface area contributed by atoms with Crippen molar-refractivity contribution in [3.63, 3.8) is 0 Å². The van der Waals surface area contributed by atoms with Gasteiger partial charge in [-0.3, -0.25) is 9.59 Å². The lowest BCUT2D eigenvalue weighted by Gasteiger charge is -2.33. The quantitative estimate of drug-likeness (QED) is 0.0570. The third-order valence-electron chi connectivity index (χ3n) is 9.93. The van der Waals surface area contributed by atoms with E-state index in [0.717, 1.165) is 38.5 Å². The van der Waals surface area contributed by atoms with E-state index in [4.69, 9.17) is 0 Å². The first-order valence-electron chi connectivity index (χ1n) is 19.8. The molecule has 3 nitrogen and oxygen atoms in total. The van der Waals surface area contributed by atoms with Crippen molar-refractivity contribution in [1.82, 2.24) is 0 Å². The first kappa shape index (κ1) is 42.1. The third-order valence-corrected chi connectivity index (χ3v) is 9.93. The average Bonchev–Trinajstić information content (AvgIpc) is 2.99. The van der Waals surface area contributed by atoms with E-state index < -0.39 is 11.4 Å². The Balaban J connectivity index is 4.79. The Labute approximate surface area is 270 Å².